The number of nitrogens with one attached hydrogen (secondary N) is 2. The highest BCUT2D eigenvalue weighted by Crippen LogP contribution is 2.32. The number of hydrogen-bond acceptors (Lipinski definition) is 4. The van der Waals surface area contributed by atoms with E-state index in [1.54, 1.807) is 36.7 Å². The Morgan fingerprint density at radius 1 is 1.15 bits per heavy atom. The van der Waals surface area contributed by atoms with Crippen molar-refractivity contribution in [3.8, 4) is 11.1 Å². The number of pyridine rings is 1. The van der Waals surface area contributed by atoms with Gasteiger partial charge < -0.3 is 9.71 Å². The molecule has 0 aliphatic rings. The second-order valence-electron chi connectivity index (χ2n) is 6.01. The zero-order chi connectivity index (χ0) is 18.8. The summed E-state index contributed by atoms with van der Waals surface area (Å²) in [7, 11) is 0. The second-order valence-corrected chi connectivity index (χ2v) is 7.06. The third kappa shape index (κ3) is 3.44. The van der Waals surface area contributed by atoms with Gasteiger partial charge in [0.15, 0.2) is 5.78 Å². The highest BCUT2D eigenvalue weighted by molar-refractivity contribution is 7.99. The topological polar surface area (TPSA) is 57.8 Å². The summed E-state index contributed by atoms with van der Waals surface area (Å²) < 4.78 is 3.24. The van der Waals surface area contributed by atoms with Crippen LogP contribution in [-0.4, -0.2) is 22.0 Å². The molecule has 2 heterocycles. The van der Waals surface area contributed by atoms with Crippen molar-refractivity contribution in [3.05, 3.63) is 83.1 Å². The number of carbonyl (C=O) groups excluding carboxylic acids is 1. The van der Waals surface area contributed by atoms with Crippen molar-refractivity contribution in [2.75, 3.05) is 11.0 Å². The van der Waals surface area contributed by atoms with Gasteiger partial charge in [0.25, 0.3) is 0 Å². The van der Waals surface area contributed by atoms with Crippen LogP contribution >= 0.6 is 23.5 Å². The van der Waals surface area contributed by atoms with Crippen LogP contribution in [0.4, 0.5) is 5.69 Å². The summed E-state index contributed by atoms with van der Waals surface area (Å²) in [6, 6.07) is 17.0. The van der Waals surface area contributed by atoms with Crippen molar-refractivity contribution >= 4 is 46.1 Å². The minimum absolute atomic E-state index is 0.0643. The zero-order valence-electron chi connectivity index (χ0n) is 14.5. The summed E-state index contributed by atoms with van der Waals surface area (Å²) in [4.78, 5) is 20.6. The molecule has 0 radical (unpaired) electrons. The number of H-pyrrole nitrogens is 1. The summed E-state index contributed by atoms with van der Waals surface area (Å²) in [5, 5.41) is 1.42. The van der Waals surface area contributed by atoms with E-state index in [4.69, 9.17) is 11.6 Å². The van der Waals surface area contributed by atoms with Gasteiger partial charge in [-0.2, -0.15) is 0 Å². The number of ketones is 1. The monoisotopic (exact) mass is 393 g/mol. The van der Waals surface area contributed by atoms with Gasteiger partial charge in [0.2, 0.25) is 0 Å². The normalized spacial score (nSPS) is 10.9. The fraction of sp³-hybridized carbons (Fsp3) is 0.0476. The van der Waals surface area contributed by atoms with Crippen molar-refractivity contribution in [1.29, 1.82) is 0 Å². The van der Waals surface area contributed by atoms with Crippen LogP contribution in [0.3, 0.4) is 0 Å². The van der Waals surface area contributed by atoms with Crippen molar-refractivity contribution < 1.29 is 4.79 Å². The summed E-state index contributed by atoms with van der Waals surface area (Å²) in [5.74, 6) is -0.0643. The maximum absolute atomic E-state index is 13.1. The van der Waals surface area contributed by atoms with Gasteiger partial charge in [0.05, 0.1) is 5.56 Å². The van der Waals surface area contributed by atoms with Gasteiger partial charge in [-0.3, -0.25) is 4.79 Å². The van der Waals surface area contributed by atoms with Crippen LogP contribution in [0.15, 0.2) is 67.0 Å². The number of aromatic amines is 1. The lowest BCUT2D eigenvalue weighted by atomic mass is 9.97. The molecule has 2 N–H and O–H groups in total. The molecular formula is C21H16ClN3OS. The Balaban J connectivity index is 1.86. The van der Waals surface area contributed by atoms with Crippen molar-refractivity contribution in [3.63, 3.8) is 0 Å². The van der Waals surface area contributed by atoms with E-state index < -0.39 is 0 Å². The fourth-order valence-corrected chi connectivity index (χ4v) is 3.59. The van der Waals surface area contributed by atoms with E-state index in [0.29, 0.717) is 21.8 Å². The first kappa shape index (κ1) is 17.6. The van der Waals surface area contributed by atoms with Gasteiger partial charge in [-0.15, -0.1) is 0 Å². The Labute approximate surface area is 166 Å². The highest BCUT2D eigenvalue weighted by Gasteiger charge is 2.18. The second kappa shape index (κ2) is 7.47. The summed E-state index contributed by atoms with van der Waals surface area (Å²) in [6.07, 6.45) is 5.45. The van der Waals surface area contributed by atoms with E-state index in [1.807, 2.05) is 30.5 Å². The Kier molecular flexibility index (Phi) is 4.88. The van der Waals surface area contributed by atoms with E-state index in [2.05, 4.69) is 20.8 Å². The lowest BCUT2D eigenvalue weighted by Gasteiger charge is -2.09. The maximum atomic E-state index is 13.1. The van der Waals surface area contributed by atoms with Crippen LogP contribution in [0.1, 0.15) is 15.9 Å². The van der Waals surface area contributed by atoms with Crippen molar-refractivity contribution in [2.45, 2.75) is 0 Å². The van der Waals surface area contributed by atoms with Gasteiger partial charge in [-0.25, -0.2) is 4.98 Å². The minimum atomic E-state index is -0.0643. The number of fused-ring (bicyclic) bond motifs is 1. The number of hydrogen-bond donors (Lipinski definition) is 2. The molecule has 0 aliphatic heterocycles. The summed E-state index contributed by atoms with van der Waals surface area (Å²) in [6.45, 7) is 0. The number of aromatic nitrogens is 2. The number of benzene rings is 2. The van der Waals surface area contributed by atoms with Gasteiger partial charge in [-0.1, -0.05) is 35.7 Å². The number of halogens is 1. The van der Waals surface area contributed by atoms with Crippen LogP contribution in [-0.2, 0) is 0 Å². The maximum Gasteiger partial charge on any atom is 0.195 e. The molecular weight excluding hydrogens is 378 g/mol. The summed E-state index contributed by atoms with van der Waals surface area (Å²) in [5.41, 5.74) is 4.86. The molecule has 134 valence electrons. The Morgan fingerprint density at radius 2 is 1.96 bits per heavy atom. The highest BCUT2D eigenvalue weighted by atomic mass is 35.5. The van der Waals surface area contributed by atoms with Crippen LogP contribution in [0.5, 0.6) is 0 Å². The Morgan fingerprint density at radius 3 is 2.74 bits per heavy atom. The molecule has 6 heteroatoms. The SMILES string of the molecule is CSNc1cccc(-c2ccnc3[nH]cc(C(=O)c4ccc(Cl)cc4)c23)c1. The standard InChI is InChI=1S/C21H16ClN3OS/c1-27-25-16-4-2-3-14(11-16)17-9-10-23-21-19(17)18(12-24-21)20(26)13-5-7-15(22)8-6-13/h2-12,25H,1H3,(H,23,24). The van der Waals surface area contributed by atoms with Crippen molar-refractivity contribution in [1.82, 2.24) is 9.97 Å². The molecule has 0 fully saturated rings. The first-order chi connectivity index (χ1) is 13.2. The smallest absolute Gasteiger partial charge is 0.195 e. The third-order valence-corrected chi connectivity index (χ3v) is 5.01. The first-order valence-corrected chi connectivity index (χ1v) is 9.93. The average molecular weight is 394 g/mol. The molecule has 0 unspecified atom stereocenters. The van der Waals surface area contributed by atoms with E-state index in [9.17, 15) is 4.79 Å². The molecule has 4 rings (SSSR count). The zero-order valence-corrected chi connectivity index (χ0v) is 16.1. The quantitative estimate of drug-likeness (QED) is 0.332. The number of rotatable bonds is 5. The van der Waals surface area contributed by atoms with Gasteiger partial charge >= 0.3 is 0 Å². The van der Waals surface area contributed by atoms with Gasteiger partial charge in [0, 0.05) is 40.3 Å². The van der Waals surface area contributed by atoms with E-state index in [1.165, 1.54) is 11.9 Å². The fourth-order valence-electron chi connectivity index (χ4n) is 3.10. The van der Waals surface area contributed by atoms with Crippen LogP contribution in [0, 0.1) is 0 Å². The van der Waals surface area contributed by atoms with E-state index in [0.717, 1.165) is 22.2 Å². The van der Waals surface area contributed by atoms with E-state index >= 15 is 0 Å². The molecule has 2 aromatic carbocycles. The van der Waals surface area contributed by atoms with Crippen LogP contribution < -0.4 is 4.72 Å². The lowest BCUT2D eigenvalue weighted by Crippen LogP contribution is -2.00. The first-order valence-electron chi connectivity index (χ1n) is 8.33. The van der Waals surface area contributed by atoms with Crippen molar-refractivity contribution in [2.24, 2.45) is 0 Å². The number of carbonyl (C=O) groups is 1. The molecule has 0 aliphatic carbocycles. The molecule has 2 aromatic heterocycles. The van der Waals surface area contributed by atoms with Gasteiger partial charge in [-0.05, 0) is 53.6 Å². The molecule has 0 saturated heterocycles. The van der Waals surface area contributed by atoms with Crippen LogP contribution in [0.2, 0.25) is 5.02 Å². The molecule has 0 amide bonds. The molecule has 4 aromatic rings. The lowest BCUT2D eigenvalue weighted by molar-refractivity contribution is 0.104. The van der Waals surface area contributed by atoms with Gasteiger partial charge in [0.1, 0.15) is 5.65 Å². The summed E-state index contributed by atoms with van der Waals surface area (Å²) >= 11 is 7.48. The predicted octanol–water partition coefficient (Wildman–Crippen LogP) is 5.80. The molecule has 0 spiro atoms. The minimum Gasteiger partial charge on any atom is -0.345 e. The Hall–Kier alpha value is -2.76. The largest absolute Gasteiger partial charge is 0.345 e. The van der Waals surface area contributed by atoms with E-state index in [-0.39, 0.29) is 5.78 Å². The number of anilines is 1. The molecule has 0 atom stereocenters. The third-order valence-electron chi connectivity index (χ3n) is 4.32. The predicted molar refractivity (Wildman–Crippen MR) is 114 cm³/mol. The molecule has 4 nitrogen and oxygen atoms in total. The Bertz CT molecular complexity index is 1120. The van der Waals surface area contributed by atoms with Crippen LogP contribution in [0.25, 0.3) is 22.2 Å². The average Bonchev–Trinajstić information content (AvgIpc) is 3.13. The number of nitrogens with zero attached hydrogens (tertiary/aromatic N) is 1. The molecule has 0 bridgehead atoms. The molecule has 27 heavy (non-hydrogen) atoms. The molecule has 0 saturated carbocycles.